The molecule has 3 saturated carbocycles. The fourth-order valence-corrected chi connectivity index (χ4v) is 8.86. The zero-order valence-corrected chi connectivity index (χ0v) is 35.4. The van der Waals surface area contributed by atoms with E-state index in [2.05, 4.69) is 6.58 Å². The summed E-state index contributed by atoms with van der Waals surface area (Å²) in [6.45, 7) is 9.50. The second kappa shape index (κ2) is 30.7. The summed E-state index contributed by atoms with van der Waals surface area (Å²) < 4.78 is 15.4. The second-order valence-corrected chi connectivity index (χ2v) is 16.4. The number of carboxylic acids is 2. The van der Waals surface area contributed by atoms with Gasteiger partial charge in [0.2, 0.25) is 0 Å². The maximum atomic E-state index is 13.2. The van der Waals surface area contributed by atoms with Crippen molar-refractivity contribution in [2.45, 2.75) is 207 Å². The van der Waals surface area contributed by atoms with Crippen LogP contribution in [0.3, 0.4) is 0 Å². The van der Waals surface area contributed by atoms with Crippen molar-refractivity contribution in [1.82, 2.24) is 0 Å². The average molecular weight is 773 g/mol. The molecular formula is C47H80O8. The lowest BCUT2D eigenvalue weighted by Crippen LogP contribution is -2.25. The van der Waals surface area contributed by atoms with Crippen LogP contribution in [0.1, 0.15) is 201 Å². The Morgan fingerprint density at radius 1 is 0.582 bits per heavy atom. The van der Waals surface area contributed by atoms with E-state index in [0.717, 1.165) is 18.4 Å². The Kier molecular flexibility index (Phi) is 27.1. The fraction of sp³-hybridized carbons (Fsp3) is 0.809. The number of ether oxygens (including phenoxy) is 3. The third kappa shape index (κ3) is 21.0. The largest absolute Gasteiger partial charge is 0.478 e. The number of carbonyl (C=O) groups excluding carboxylic acids is 1. The lowest BCUT2D eigenvalue weighted by Gasteiger charge is -2.34. The van der Waals surface area contributed by atoms with Crippen LogP contribution in [-0.4, -0.2) is 54.2 Å². The van der Waals surface area contributed by atoms with Crippen molar-refractivity contribution in [3.8, 4) is 0 Å². The molecule has 3 rings (SSSR count). The Morgan fingerprint density at radius 3 is 1.25 bits per heavy atom. The van der Waals surface area contributed by atoms with E-state index in [-0.39, 0.29) is 24.2 Å². The number of hydrogen-bond acceptors (Lipinski definition) is 6. The highest BCUT2D eigenvalue weighted by Gasteiger charge is 2.32. The highest BCUT2D eigenvalue weighted by Crippen LogP contribution is 2.42. The zero-order chi connectivity index (χ0) is 40.1. The Morgan fingerprint density at radius 2 is 0.927 bits per heavy atom. The van der Waals surface area contributed by atoms with E-state index in [1.165, 1.54) is 179 Å². The van der Waals surface area contributed by atoms with Crippen LogP contribution in [0, 0.1) is 17.8 Å². The predicted molar refractivity (Wildman–Crippen MR) is 223 cm³/mol. The molecule has 0 saturated heterocycles. The van der Waals surface area contributed by atoms with Crippen molar-refractivity contribution in [3.05, 3.63) is 34.9 Å². The minimum atomic E-state index is -1.03. The molecule has 8 heteroatoms. The van der Waals surface area contributed by atoms with Gasteiger partial charge in [0.1, 0.15) is 6.61 Å². The summed E-state index contributed by atoms with van der Waals surface area (Å²) in [6, 6.07) is 0. The van der Waals surface area contributed by atoms with Crippen molar-refractivity contribution >= 4 is 17.9 Å². The third-order valence-electron chi connectivity index (χ3n) is 12.0. The van der Waals surface area contributed by atoms with E-state index in [1.54, 1.807) is 0 Å². The van der Waals surface area contributed by atoms with E-state index >= 15 is 0 Å². The van der Waals surface area contributed by atoms with Gasteiger partial charge in [0, 0.05) is 29.9 Å². The molecule has 2 N–H and O–H groups in total. The molecule has 55 heavy (non-hydrogen) atoms. The SMILES string of the molecule is C=C(CC=C(C)C(=O)O)C(=O)OCC(OCC)OCC.O=C(O)C(=C(C1CCCCCCCCC1)C1CCCCCCCCC1)C1CCCCCCCCC1. The zero-order valence-electron chi connectivity index (χ0n) is 35.4. The Hall–Kier alpha value is -2.45. The molecule has 0 aromatic heterocycles. The molecule has 0 atom stereocenters. The summed E-state index contributed by atoms with van der Waals surface area (Å²) in [7, 11) is 0. The average Bonchev–Trinajstić information content (AvgIpc) is 3.18. The molecular weight excluding hydrogens is 693 g/mol. The van der Waals surface area contributed by atoms with E-state index in [4.69, 9.17) is 19.3 Å². The third-order valence-corrected chi connectivity index (χ3v) is 12.0. The first-order chi connectivity index (χ1) is 26.7. The van der Waals surface area contributed by atoms with Gasteiger partial charge in [-0.05, 0) is 83.5 Å². The maximum Gasteiger partial charge on any atom is 0.333 e. The van der Waals surface area contributed by atoms with E-state index in [9.17, 15) is 19.5 Å². The molecule has 0 radical (unpaired) electrons. The van der Waals surface area contributed by atoms with Crippen LogP contribution in [0.25, 0.3) is 0 Å². The molecule has 0 bridgehead atoms. The molecule has 3 aliphatic rings. The van der Waals surface area contributed by atoms with Gasteiger partial charge in [0.15, 0.2) is 6.29 Å². The van der Waals surface area contributed by atoms with Crippen LogP contribution in [0.5, 0.6) is 0 Å². The van der Waals surface area contributed by atoms with Crippen LogP contribution in [0.2, 0.25) is 0 Å². The monoisotopic (exact) mass is 773 g/mol. The first kappa shape index (κ1) is 48.7. The molecule has 3 fully saturated rings. The minimum absolute atomic E-state index is 0.0266. The van der Waals surface area contributed by atoms with Gasteiger partial charge in [-0.25, -0.2) is 14.4 Å². The van der Waals surface area contributed by atoms with Gasteiger partial charge in [-0.2, -0.15) is 0 Å². The smallest absolute Gasteiger partial charge is 0.333 e. The lowest BCUT2D eigenvalue weighted by molar-refractivity contribution is -0.177. The number of aliphatic carboxylic acids is 2. The molecule has 0 aliphatic heterocycles. The predicted octanol–water partition coefficient (Wildman–Crippen LogP) is 12.7. The molecule has 0 spiro atoms. The van der Waals surface area contributed by atoms with E-state index in [1.807, 2.05) is 13.8 Å². The van der Waals surface area contributed by atoms with E-state index in [0.29, 0.717) is 31.0 Å². The van der Waals surface area contributed by atoms with Gasteiger partial charge in [-0.1, -0.05) is 153 Å². The molecule has 0 heterocycles. The van der Waals surface area contributed by atoms with Gasteiger partial charge in [0.05, 0.1) is 0 Å². The molecule has 0 aromatic rings. The summed E-state index contributed by atoms with van der Waals surface area (Å²) in [5.41, 5.74) is 2.76. The fourth-order valence-electron chi connectivity index (χ4n) is 8.86. The van der Waals surface area contributed by atoms with Crippen LogP contribution in [-0.2, 0) is 28.6 Å². The molecule has 0 unspecified atom stereocenters. The van der Waals surface area contributed by atoms with Gasteiger partial charge >= 0.3 is 17.9 Å². The number of esters is 1. The number of hydrogen-bond donors (Lipinski definition) is 2. The van der Waals surface area contributed by atoms with Gasteiger partial charge < -0.3 is 24.4 Å². The normalized spacial score (nSPS) is 20.0. The molecule has 0 aromatic carbocycles. The molecule has 8 nitrogen and oxygen atoms in total. The van der Waals surface area contributed by atoms with Crippen molar-refractivity contribution in [3.63, 3.8) is 0 Å². The Balaban J connectivity index is 0.000000447. The lowest BCUT2D eigenvalue weighted by atomic mass is 9.71. The minimum Gasteiger partial charge on any atom is -0.478 e. The van der Waals surface area contributed by atoms with Crippen molar-refractivity contribution < 1.29 is 38.8 Å². The summed E-state index contributed by atoms with van der Waals surface area (Å²) in [5.74, 6) is -0.810. The standard InChI is InChI=1S/C33H58O2.C14H22O6/c34-33(35)32(30-26-20-14-8-3-9-15-21-27-30)31(28-22-16-10-4-1-5-11-17-23-28)29-24-18-12-6-2-7-13-19-25-29;1-5-18-12(19-6-2)9-20-14(17)11(4)8-7-10(3)13(15)16/h28-30H,1-27H2,(H,34,35);7,12H,4-6,8-9H2,1-3H3,(H,15,16). The molecule has 0 amide bonds. The first-order valence-electron chi connectivity index (χ1n) is 22.6. The van der Waals surface area contributed by atoms with Crippen LogP contribution >= 0.6 is 0 Å². The maximum absolute atomic E-state index is 13.2. The summed E-state index contributed by atoms with van der Waals surface area (Å²) in [4.78, 5) is 35.4. The summed E-state index contributed by atoms with van der Waals surface area (Å²) in [5, 5.41) is 19.5. The number of carbonyl (C=O) groups is 3. The van der Waals surface area contributed by atoms with Crippen LogP contribution < -0.4 is 0 Å². The van der Waals surface area contributed by atoms with E-state index < -0.39 is 24.2 Å². The Labute approximate surface area is 335 Å². The molecule has 3 aliphatic carbocycles. The second-order valence-electron chi connectivity index (χ2n) is 16.4. The summed E-state index contributed by atoms with van der Waals surface area (Å²) >= 11 is 0. The van der Waals surface area contributed by atoms with Crippen LogP contribution in [0.4, 0.5) is 0 Å². The Bertz CT molecular complexity index is 1090. The van der Waals surface area contributed by atoms with Gasteiger partial charge in [0.25, 0.3) is 0 Å². The number of rotatable bonds is 14. The first-order valence-corrected chi connectivity index (χ1v) is 22.6. The number of allylic oxidation sites excluding steroid dienone is 2. The highest BCUT2D eigenvalue weighted by molar-refractivity contribution is 5.89. The number of carboxylic acid groups (broad SMARTS) is 2. The highest BCUT2D eigenvalue weighted by atomic mass is 16.7. The van der Waals surface area contributed by atoms with Gasteiger partial charge in [-0.15, -0.1) is 0 Å². The van der Waals surface area contributed by atoms with Gasteiger partial charge in [-0.3, -0.25) is 0 Å². The quantitative estimate of drug-likeness (QED) is 0.102. The van der Waals surface area contributed by atoms with Crippen molar-refractivity contribution in [2.24, 2.45) is 17.8 Å². The topological polar surface area (TPSA) is 119 Å². The molecule has 316 valence electrons. The van der Waals surface area contributed by atoms with Crippen LogP contribution in [0.15, 0.2) is 34.9 Å². The van der Waals surface area contributed by atoms with Crippen molar-refractivity contribution in [1.29, 1.82) is 0 Å². The summed E-state index contributed by atoms with van der Waals surface area (Å²) in [6.07, 6.45) is 36.2. The van der Waals surface area contributed by atoms with Crippen molar-refractivity contribution in [2.75, 3.05) is 19.8 Å².